The third kappa shape index (κ3) is 2.69. The van der Waals surface area contributed by atoms with Crippen molar-refractivity contribution in [2.75, 3.05) is 6.54 Å². The second kappa shape index (κ2) is 6.12. The molecule has 0 saturated carbocycles. The quantitative estimate of drug-likeness (QED) is 0.653. The SMILES string of the molecule is O=C(NCCc1n[nH]c(=O)[nH]1)c1c(-n2cccc2)sc2c1CCC2. The fraction of sp³-hybridized carbons (Fsp3) is 0.312. The number of hydrogen-bond donors (Lipinski definition) is 3. The van der Waals surface area contributed by atoms with E-state index in [0.29, 0.717) is 18.8 Å². The van der Waals surface area contributed by atoms with Crippen LogP contribution in [0.2, 0.25) is 0 Å². The van der Waals surface area contributed by atoms with Crippen LogP contribution in [0, 0.1) is 0 Å². The lowest BCUT2D eigenvalue weighted by molar-refractivity contribution is 0.0953. The molecule has 0 aliphatic heterocycles. The lowest BCUT2D eigenvalue weighted by Crippen LogP contribution is -2.27. The molecule has 124 valence electrons. The molecule has 4 rings (SSSR count). The molecule has 0 unspecified atom stereocenters. The van der Waals surface area contributed by atoms with Crippen molar-refractivity contribution in [3.05, 3.63) is 56.8 Å². The summed E-state index contributed by atoms with van der Waals surface area (Å²) in [6.07, 6.45) is 7.54. The van der Waals surface area contributed by atoms with Gasteiger partial charge in [-0.15, -0.1) is 11.3 Å². The van der Waals surface area contributed by atoms with Gasteiger partial charge in [-0.3, -0.25) is 9.78 Å². The molecule has 3 heterocycles. The Morgan fingerprint density at radius 2 is 2.17 bits per heavy atom. The van der Waals surface area contributed by atoms with E-state index in [1.807, 2.05) is 29.1 Å². The summed E-state index contributed by atoms with van der Waals surface area (Å²) in [5.41, 5.74) is 1.65. The van der Waals surface area contributed by atoms with Gasteiger partial charge in [-0.25, -0.2) is 9.89 Å². The van der Waals surface area contributed by atoms with Gasteiger partial charge in [0.05, 0.1) is 5.56 Å². The Bertz CT molecular complexity index is 919. The summed E-state index contributed by atoms with van der Waals surface area (Å²) in [5, 5.41) is 10.1. The van der Waals surface area contributed by atoms with E-state index in [2.05, 4.69) is 20.5 Å². The van der Waals surface area contributed by atoms with Gasteiger partial charge in [0, 0.05) is 30.2 Å². The first-order valence-corrected chi connectivity index (χ1v) is 8.73. The highest BCUT2D eigenvalue weighted by atomic mass is 32.1. The van der Waals surface area contributed by atoms with Gasteiger partial charge in [0.2, 0.25) is 0 Å². The Morgan fingerprint density at radius 1 is 1.33 bits per heavy atom. The minimum Gasteiger partial charge on any atom is -0.351 e. The first-order chi connectivity index (χ1) is 11.7. The minimum atomic E-state index is -0.332. The largest absolute Gasteiger partial charge is 0.351 e. The van der Waals surface area contributed by atoms with Crippen LogP contribution in [-0.4, -0.2) is 32.2 Å². The normalized spacial score (nSPS) is 13.2. The van der Waals surface area contributed by atoms with E-state index in [0.717, 1.165) is 29.8 Å². The summed E-state index contributed by atoms with van der Waals surface area (Å²) in [7, 11) is 0. The van der Waals surface area contributed by atoms with Crippen molar-refractivity contribution in [1.82, 2.24) is 25.1 Å². The van der Waals surface area contributed by atoms with Crippen LogP contribution in [0.1, 0.15) is 33.0 Å². The molecule has 3 aromatic rings. The maximum absolute atomic E-state index is 12.8. The Kier molecular flexibility index (Phi) is 3.81. The number of hydrogen-bond acceptors (Lipinski definition) is 4. The fourth-order valence-corrected chi connectivity index (χ4v) is 4.43. The van der Waals surface area contributed by atoms with Crippen molar-refractivity contribution in [2.24, 2.45) is 0 Å². The van der Waals surface area contributed by atoms with E-state index in [-0.39, 0.29) is 11.6 Å². The molecule has 0 spiro atoms. The lowest BCUT2D eigenvalue weighted by Gasteiger charge is -2.08. The van der Waals surface area contributed by atoms with Crippen LogP contribution in [0.5, 0.6) is 0 Å². The van der Waals surface area contributed by atoms with Gasteiger partial charge in [-0.2, -0.15) is 5.10 Å². The molecule has 0 radical (unpaired) electrons. The van der Waals surface area contributed by atoms with Crippen LogP contribution in [-0.2, 0) is 19.3 Å². The Balaban J connectivity index is 1.54. The summed E-state index contributed by atoms with van der Waals surface area (Å²) in [6, 6.07) is 3.92. The van der Waals surface area contributed by atoms with Crippen molar-refractivity contribution >= 4 is 17.2 Å². The van der Waals surface area contributed by atoms with E-state index < -0.39 is 0 Å². The van der Waals surface area contributed by atoms with Crippen LogP contribution >= 0.6 is 11.3 Å². The third-order valence-electron chi connectivity index (χ3n) is 4.17. The van der Waals surface area contributed by atoms with Crippen molar-refractivity contribution in [3.8, 4) is 5.00 Å². The maximum atomic E-state index is 12.8. The molecule has 0 fully saturated rings. The molecule has 0 bridgehead atoms. The molecule has 0 atom stereocenters. The minimum absolute atomic E-state index is 0.0593. The fourth-order valence-electron chi connectivity index (χ4n) is 3.08. The van der Waals surface area contributed by atoms with Gasteiger partial charge >= 0.3 is 5.69 Å². The van der Waals surface area contributed by atoms with Gasteiger partial charge in [0.25, 0.3) is 5.91 Å². The van der Waals surface area contributed by atoms with Crippen LogP contribution in [0.15, 0.2) is 29.3 Å². The number of aryl methyl sites for hydroxylation is 1. The number of thiophene rings is 1. The number of rotatable bonds is 5. The monoisotopic (exact) mass is 343 g/mol. The van der Waals surface area contributed by atoms with Crippen LogP contribution in [0.4, 0.5) is 0 Å². The molecule has 8 heteroatoms. The van der Waals surface area contributed by atoms with Gasteiger partial charge in [0.1, 0.15) is 10.8 Å². The van der Waals surface area contributed by atoms with Gasteiger partial charge in [-0.05, 0) is 37.0 Å². The van der Waals surface area contributed by atoms with Gasteiger partial charge < -0.3 is 9.88 Å². The number of carbonyl (C=O) groups excluding carboxylic acids is 1. The number of amides is 1. The topological polar surface area (TPSA) is 95.6 Å². The van der Waals surface area contributed by atoms with E-state index >= 15 is 0 Å². The van der Waals surface area contributed by atoms with E-state index in [1.165, 1.54) is 10.4 Å². The number of aromatic nitrogens is 4. The Hall–Kier alpha value is -2.61. The second-order valence-electron chi connectivity index (χ2n) is 5.76. The first-order valence-electron chi connectivity index (χ1n) is 7.92. The molecule has 0 aromatic carbocycles. The van der Waals surface area contributed by atoms with Crippen molar-refractivity contribution in [1.29, 1.82) is 0 Å². The Labute approximate surface area is 141 Å². The summed E-state index contributed by atoms with van der Waals surface area (Å²) < 4.78 is 2.00. The molecule has 1 aliphatic carbocycles. The van der Waals surface area contributed by atoms with Gasteiger partial charge in [0.15, 0.2) is 0 Å². The molecular formula is C16H17N5O2S. The predicted molar refractivity (Wildman–Crippen MR) is 90.9 cm³/mol. The molecular weight excluding hydrogens is 326 g/mol. The van der Waals surface area contributed by atoms with Crippen LogP contribution < -0.4 is 11.0 Å². The second-order valence-corrected chi connectivity index (χ2v) is 6.84. The summed E-state index contributed by atoms with van der Waals surface area (Å²) in [4.78, 5) is 27.7. The van der Waals surface area contributed by atoms with E-state index in [4.69, 9.17) is 0 Å². The molecule has 24 heavy (non-hydrogen) atoms. The first kappa shape index (κ1) is 14.9. The van der Waals surface area contributed by atoms with E-state index in [1.54, 1.807) is 11.3 Å². The molecule has 1 amide bonds. The standard InChI is InChI=1S/C16H17N5O2S/c22-14(17-7-6-12-18-16(23)20-19-12)13-10-4-3-5-11(10)24-15(13)21-8-1-2-9-21/h1-2,8-9H,3-7H2,(H,17,22)(H2,18,19,20,23). The zero-order chi connectivity index (χ0) is 16.5. The number of fused-ring (bicyclic) bond motifs is 1. The van der Waals surface area contributed by atoms with Crippen molar-refractivity contribution in [2.45, 2.75) is 25.7 Å². The Morgan fingerprint density at radius 3 is 2.92 bits per heavy atom. The van der Waals surface area contributed by atoms with Crippen molar-refractivity contribution < 1.29 is 4.79 Å². The van der Waals surface area contributed by atoms with Crippen LogP contribution in [0.3, 0.4) is 0 Å². The summed E-state index contributed by atoms with van der Waals surface area (Å²) in [6.45, 7) is 0.426. The number of nitrogens with one attached hydrogen (secondary N) is 3. The van der Waals surface area contributed by atoms with Gasteiger partial charge in [-0.1, -0.05) is 0 Å². The molecule has 7 nitrogen and oxygen atoms in total. The number of H-pyrrole nitrogens is 2. The number of nitrogens with zero attached hydrogens (tertiary/aromatic N) is 2. The average Bonchev–Trinajstić information content (AvgIpc) is 3.31. The third-order valence-corrected chi connectivity index (χ3v) is 5.47. The molecule has 0 saturated heterocycles. The summed E-state index contributed by atoms with van der Waals surface area (Å²) >= 11 is 1.71. The lowest BCUT2D eigenvalue weighted by atomic mass is 10.1. The number of aromatic amines is 2. The average molecular weight is 343 g/mol. The molecule has 1 aliphatic rings. The maximum Gasteiger partial charge on any atom is 0.340 e. The number of carbonyl (C=O) groups is 1. The highest BCUT2D eigenvalue weighted by Gasteiger charge is 2.27. The molecule has 3 N–H and O–H groups in total. The molecule has 3 aromatic heterocycles. The zero-order valence-electron chi connectivity index (χ0n) is 13.0. The predicted octanol–water partition coefficient (Wildman–Crippen LogP) is 1.41. The highest BCUT2D eigenvalue weighted by Crippen LogP contribution is 2.37. The zero-order valence-corrected chi connectivity index (χ0v) is 13.8. The van der Waals surface area contributed by atoms with Crippen molar-refractivity contribution in [3.63, 3.8) is 0 Å². The smallest absolute Gasteiger partial charge is 0.340 e. The highest BCUT2D eigenvalue weighted by molar-refractivity contribution is 7.15. The summed E-state index contributed by atoms with van der Waals surface area (Å²) in [5.74, 6) is 0.484. The van der Waals surface area contributed by atoms with Crippen LogP contribution in [0.25, 0.3) is 5.00 Å². The van der Waals surface area contributed by atoms with E-state index in [9.17, 15) is 9.59 Å².